The highest BCUT2D eigenvalue weighted by Crippen LogP contribution is 2.31. The van der Waals surface area contributed by atoms with Crippen molar-refractivity contribution in [3.05, 3.63) is 35.0 Å². The minimum Gasteiger partial charge on any atom is -0.311 e. The largest absolute Gasteiger partial charge is 0.311 e. The number of aromatic nitrogens is 3. The Kier molecular flexibility index (Phi) is 4.13. The van der Waals surface area contributed by atoms with Gasteiger partial charge in [0, 0.05) is 12.5 Å². The van der Waals surface area contributed by atoms with Crippen LogP contribution in [0, 0.1) is 6.92 Å². The van der Waals surface area contributed by atoms with Gasteiger partial charge in [0.15, 0.2) is 0 Å². The van der Waals surface area contributed by atoms with Gasteiger partial charge in [0.25, 0.3) is 0 Å². The van der Waals surface area contributed by atoms with Gasteiger partial charge in [-0.3, -0.25) is 4.79 Å². The molecular formula is C15H15ClN4OS. The Bertz CT molecular complexity index is 839. The number of carbonyl (C=O) groups excluding carboxylic acids is 1. The van der Waals surface area contributed by atoms with Gasteiger partial charge in [0.2, 0.25) is 11.0 Å². The second kappa shape index (κ2) is 6.06. The van der Waals surface area contributed by atoms with E-state index in [1.54, 1.807) is 4.68 Å². The van der Waals surface area contributed by atoms with Gasteiger partial charge in [-0.05, 0) is 25.5 Å². The lowest BCUT2D eigenvalue weighted by atomic mass is 10.3. The van der Waals surface area contributed by atoms with Crippen molar-refractivity contribution < 1.29 is 4.79 Å². The predicted molar refractivity (Wildman–Crippen MR) is 90.0 cm³/mol. The van der Waals surface area contributed by atoms with E-state index in [9.17, 15) is 4.79 Å². The molecule has 0 unspecified atom stereocenters. The number of thiazole rings is 1. The molecule has 114 valence electrons. The maximum atomic E-state index is 11.8. The third-order valence-corrected chi connectivity index (χ3v) is 4.42. The Hall–Kier alpha value is -1.92. The smallest absolute Gasteiger partial charge is 0.225 e. The average molecular weight is 335 g/mol. The fraction of sp³-hybridized carbons (Fsp3) is 0.267. The van der Waals surface area contributed by atoms with Crippen molar-refractivity contribution in [1.82, 2.24) is 14.8 Å². The van der Waals surface area contributed by atoms with Crippen LogP contribution in [0.4, 0.5) is 5.82 Å². The van der Waals surface area contributed by atoms with Crippen LogP contribution in [0.15, 0.2) is 24.3 Å². The second-order valence-electron chi connectivity index (χ2n) is 4.96. The zero-order valence-electron chi connectivity index (χ0n) is 12.3. The summed E-state index contributed by atoms with van der Waals surface area (Å²) in [6.07, 6.45) is 1.28. The van der Waals surface area contributed by atoms with Gasteiger partial charge in [-0.1, -0.05) is 35.9 Å². The normalized spacial score (nSPS) is 11.0. The van der Waals surface area contributed by atoms with Crippen LogP contribution in [0.1, 0.15) is 25.5 Å². The number of fused-ring (bicyclic) bond motifs is 1. The number of para-hydroxylation sites is 1. The lowest BCUT2D eigenvalue weighted by Gasteiger charge is -2.05. The third kappa shape index (κ3) is 2.84. The Labute approximate surface area is 136 Å². The van der Waals surface area contributed by atoms with E-state index in [0.717, 1.165) is 22.3 Å². The van der Waals surface area contributed by atoms with Crippen molar-refractivity contribution in [1.29, 1.82) is 0 Å². The molecule has 2 aromatic heterocycles. The lowest BCUT2D eigenvalue weighted by molar-refractivity contribution is -0.116. The summed E-state index contributed by atoms with van der Waals surface area (Å²) in [5.41, 5.74) is 1.57. The molecule has 0 fully saturated rings. The molecule has 0 saturated heterocycles. The summed E-state index contributed by atoms with van der Waals surface area (Å²) >= 11 is 7.66. The first-order valence-electron chi connectivity index (χ1n) is 7.00. The number of nitrogens with zero attached hydrogens (tertiary/aromatic N) is 3. The summed E-state index contributed by atoms with van der Waals surface area (Å²) in [7, 11) is 0. The Morgan fingerprint density at radius 1 is 1.45 bits per heavy atom. The number of halogens is 1. The maximum absolute atomic E-state index is 11.8. The van der Waals surface area contributed by atoms with Gasteiger partial charge in [-0.25, -0.2) is 4.98 Å². The van der Waals surface area contributed by atoms with E-state index in [2.05, 4.69) is 15.4 Å². The van der Waals surface area contributed by atoms with Crippen LogP contribution < -0.4 is 5.32 Å². The number of hydrogen-bond acceptors (Lipinski definition) is 4. The summed E-state index contributed by atoms with van der Waals surface area (Å²) in [4.78, 5) is 16.4. The quantitative estimate of drug-likeness (QED) is 0.778. The minimum atomic E-state index is -0.0252. The van der Waals surface area contributed by atoms with Gasteiger partial charge in [0.1, 0.15) is 11.3 Å². The van der Waals surface area contributed by atoms with Gasteiger partial charge >= 0.3 is 0 Å². The number of hydrogen-bond donors (Lipinski definition) is 1. The molecule has 3 rings (SSSR count). The van der Waals surface area contributed by atoms with Crippen LogP contribution in [0.3, 0.4) is 0 Å². The van der Waals surface area contributed by atoms with Crippen LogP contribution in [-0.2, 0) is 4.79 Å². The highest BCUT2D eigenvalue weighted by molar-refractivity contribution is 7.20. The fourth-order valence-electron chi connectivity index (χ4n) is 2.16. The molecule has 2 heterocycles. The SMILES string of the molecule is CCCC(=O)Nc1cc(C)nn1-c1nc2c(Cl)cccc2s1. The molecule has 0 bridgehead atoms. The van der Waals surface area contributed by atoms with E-state index in [1.165, 1.54) is 11.3 Å². The monoisotopic (exact) mass is 334 g/mol. The Balaban J connectivity index is 2.03. The predicted octanol–water partition coefficient (Wildman–Crippen LogP) is 4.18. The van der Waals surface area contributed by atoms with Gasteiger partial charge < -0.3 is 5.32 Å². The topological polar surface area (TPSA) is 59.8 Å². The summed E-state index contributed by atoms with van der Waals surface area (Å²) in [5.74, 6) is 0.605. The highest BCUT2D eigenvalue weighted by Gasteiger charge is 2.15. The number of nitrogens with one attached hydrogen (secondary N) is 1. The van der Waals surface area contributed by atoms with E-state index >= 15 is 0 Å². The molecule has 0 radical (unpaired) electrons. The van der Waals surface area contributed by atoms with Crippen LogP contribution in [0.2, 0.25) is 5.02 Å². The van der Waals surface area contributed by atoms with E-state index in [1.807, 2.05) is 38.1 Å². The molecule has 0 aliphatic carbocycles. The standard InChI is InChI=1S/C15H15ClN4OS/c1-3-5-13(21)17-12-8-9(2)19-20(12)15-18-14-10(16)6-4-7-11(14)22-15/h4,6-8H,3,5H2,1-2H3,(H,17,21). The molecule has 1 amide bonds. The summed E-state index contributed by atoms with van der Waals surface area (Å²) in [5, 5.41) is 8.61. The number of anilines is 1. The first kappa shape index (κ1) is 15.0. The van der Waals surface area contributed by atoms with E-state index < -0.39 is 0 Å². The third-order valence-electron chi connectivity index (χ3n) is 3.12. The summed E-state index contributed by atoms with van der Waals surface area (Å²) in [6, 6.07) is 7.51. The molecule has 0 atom stereocenters. The molecule has 0 spiro atoms. The van der Waals surface area contributed by atoms with E-state index in [0.29, 0.717) is 22.4 Å². The zero-order valence-corrected chi connectivity index (χ0v) is 13.8. The molecule has 1 N–H and O–H groups in total. The minimum absolute atomic E-state index is 0.0252. The van der Waals surface area contributed by atoms with E-state index in [-0.39, 0.29) is 5.91 Å². The van der Waals surface area contributed by atoms with Gasteiger partial charge in [-0.2, -0.15) is 9.78 Å². The highest BCUT2D eigenvalue weighted by atomic mass is 35.5. The maximum Gasteiger partial charge on any atom is 0.225 e. The van der Waals surface area contributed by atoms with Crippen LogP contribution >= 0.6 is 22.9 Å². The number of benzene rings is 1. The lowest BCUT2D eigenvalue weighted by Crippen LogP contribution is -2.14. The average Bonchev–Trinajstić information content (AvgIpc) is 3.03. The molecule has 0 saturated carbocycles. The molecule has 1 aromatic carbocycles. The number of rotatable bonds is 4. The van der Waals surface area contributed by atoms with Crippen molar-refractivity contribution in [3.8, 4) is 5.13 Å². The first-order valence-corrected chi connectivity index (χ1v) is 8.20. The molecule has 22 heavy (non-hydrogen) atoms. The molecule has 5 nitrogen and oxygen atoms in total. The van der Waals surface area contributed by atoms with Crippen LogP contribution in [0.5, 0.6) is 0 Å². The number of aryl methyl sites for hydroxylation is 1. The van der Waals surface area contributed by atoms with Gasteiger partial charge in [-0.15, -0.1) is 0 Å². The van der Waals surface area contributed by atoms with Crippen molar-refractivity contribution in [2.75, 3.05) is 5.32 Å². The molecule has 7 heteroatoms. The van der Waals surface area contributed by atoms with Gasteiger partial charge in [0.05, 0.1) is 15.4 Å². The molecule has 0 aliphatic heterocycles. The van der Waals surface area contributed by atoms with Crippen molar-refractivity contribution in [3.63, 3.8) is 0 Å². The van der Waals surface area contributed by atoms with Crippen molar-refractivity contribution >= 4 is 44.9 Å². The van der Waals surface area contributed by atoms with Crippen LogP contribution in [0.25, 0.3) is 15.3 Å². The first-order chi connectivity index (χ1) is 10.6. The molecule has 0 aliphatic rings. The van der Waals surface area contributed by atoms with Crippen molar-refractivity contribution in [2.24, 2.45) is 0 Å². The summed E-state index contributed by atoms with van der Waals surface area (Å²) in [6.45, 7) is 3.85. The molecular weight excluding hydrogens is 320 g/mol. The Morgan fingerprint density at radius 2 is 2.27 bits per heavy atom. The summed E-state index contributed by atoms with van der Waals surface area (Å²) < 4.78 is 2.64. The fourth-order valence-corrected chi connectivity index (χ4v) is 3.39. The number of amides is 1. The molecule has 3 aromatic rings. The Morgan fingerprint density at radius 3 is 3.00 bits per heavy atom. The zero-order chi connectivity index (χ0) is 15.7. The number of carbonyl (C=O) groups is 1. The van der Waals surface area contributed by atoms with E-state index in [4.69, 9.17) is 11.6 Å². The van der Waals surface area contributed by atoms with Crippen molar-refractivity contribution in [2.45, 2.75) is 26.7 Å². The second-order valence-corrected chi connectivity index (χ2v) is 6.38. The van der Waals surface area contributed by atoms with Crippen LogP contribution in [-0.4, -0.2) is 20.7 Å².